The molecule has 90 valence electrons. The molecule has 7 heteroatoms. The fraction of sp³-hybridized carbons (Fsp3) is 0.333. The van der Waals surface area contributed by atoms with E-state index in [0.717, 1.165) is 6.07 Å². The summed E-state index contributed by atoms with van der Waals surface area (Å²) in [6.45, 7) is -0.0357. The van der Waals surface area contributed by atoms with Crippen LogP contribution in [0.2, 0.25) is 0 Å². The van der Waals surface area contributed by atoms with E-state index in [0.29, 0.717) is 3.57 Å². The third-order valence-corrected chi connectivity index (χ3v) is 2.36. The number of ether oxygens (including phenoxy) is 3. The Morgan fingerprint density at radius 1 is 1.31 bits per heavy atom. The summed E-state index contributed by atoms with van der Waals surface area (Å²) in [4.78, 5) is 0. The quantitative estimate of drug-likeness (QED) is 0.618. The van der Waals surface area contributed by atoms with Gasteiger partial charge in [-0.1, -0.05) is 0 Å². The Bertz CT molecular complexity index is 354. The first-order valence-electron chi connectivity index (χ1n) is 4.09. The fourth-order valence-corrected chi connectivity index (χ4v) is 1.35. The zero-order chi connectivity index (χ0) is 12.2. The fourth-order valence-electron chi connectivity index (χ4n) is 0.903. The predicted molar refractivity (Wildman–Crippen MR) is 58.3 cm³/mol. The van der Waals surface area contributed by atoms with E-state index in [-0.39, 0.29) is 18.3 Å². The van der Waals surface area contributed by atoms with E-state index in [9.17, 15) is 13.2 Å². The van der Waals surface area contributed by atoms with Gasteiger partial charge in [-0.05, 0) is 34.7 Å². The molecule has 0 bridgehead atoms. The molecule has 0 radical (unpaired) electrons. The average Bonchev–Trinajstić information content (AvgIpc) is 2.17. The van der Waals surface area contributed by atoms with Gasteiger partial charge in [-0.25, -0.2) is 0 Å². The summed E-state index contributed by atoms with van der Waals surface area (Å²) in [7, 11) is 1.42. The van der Waals surface area contributed by atoms with Crippen molar-refractivity contribution in [1.82, 2.24) is 0 Å². The number of methoxy groups -OCH3 is 1. The molecule has 0 N–H and O–H groups in total. The Balaban J connectivity index is 2.82. The van der Waals surface area contributed by atoms with Crippen molar-refractivity contribution in [3.8, 4) is 11.5 Å². The zero-order valence-electron chi connectivity index (χ0n) is 8.18. The minimum Gasteiger partial charge on any atom is -0.467 e. The van der Waals surface area contributed by atoms with Crippen LogP contribution in [0.5, 0.6) is 11.5 Å². The molecule has 3 nitrogen and oxygen atoms in total. The van der Waals surface area contributed by atoms with Crippen molar-refractivity contribution < 1.29 is 27.4 Å². The third-order valence-electron chi connectivity index (χ3n) is 1.47. The van der Waals surface area contributed by atoms with E-state index in [1.54, 1.807) is 22.6 Å². The summed E-state index contributed by atoms with van der Waals surface area (Å²) in [5, 5.41) is 0. The van der Waals surface area contributed by atoms with Gasteiger partial charge in [0.05, 0.1) is 3.57 Å². The minimum absolute atomic E-state index is 0.0357. The summed E-state index contributed by atoms with van der Waals surface area (Å²) >= 11 is 1.74. The van der Waals surface area contributed by atoms with Crippen LogP contribution in [0.1, 0.15) is 0 Å². The zero-order valence-corrected chi connectivity index (χ0v) is 10.3. The van der Waals surface area contributed by atoms with Crippen molar-refractivity contribution in [1.29, 1.82) is 0 Å². The summed E-state index contributed by atoms with van der Waals surface area (Å²) in [6, 6.07) is 4.16. The second-order valence-corrected chi connectivity index (χ2v) is 3.85. The highest BCUT2D eigenvalue weighted by Crippen LogP contribution is 2.30. The Morgan fingerprint density at radius 2 is 2.00 bits per heavy atom. The summed E-state index contributed by atoms with van der Waals surface area (Å²) in [5.41, 5.74) is 0. The van der Waals surface area contributed by atoms with E-state index in [1.165, 1.54) is 19.2 Å². The molecule has 0 spiro atoms. The van der Waals surface area contributed by atoms with E-state index in [2.05, 4.69) is 9.47 Å². The van der Waals surface area contributed by atoms with Gasteiger partial charge in [0.25, 0.3) is 0 Å². The normalized spacial score (nSPS) is 11.3. The van der Waals surface area contributed by atoms with E-state index >= 15 is 0 Å². The molecule has 0 unspecified atom stereocenters. The Morgan fingerprint density at radius 3 is 2.56 bits per heavy atom. The summed E-state index contributed by atoms with van der Waals surface area (Å²) in [6.07, 6.45) is -4.71. The standard InChI is InChI=1S/C9H8F3IO3/c1-14-5-15-6-2-3-7(13)8(4-6)16-9(10,11)12/h2-4H,5H2,1H3. The summed E-state index contributed by atoms with van der Waals surface area (Å²) in [5.74, 6) is -0.0387. The highest BCUT2D eigenvalue weighted by molar-refractivity contribution is 14.1. The van der Waals surface area contributed by atoms with Gasteiger partial charge < -0.3 is 14.2 Å². The number of hydrogen-bond acceptors (Lipinski definition) is 3. The van der Waals surface area contributed by atoms with Gasteiger partial charge in [0, 0.05) is 13.2 Å². The van der Waals surface area contributed by atoms with E-state index < -0.39 is 6.36 Å². The molecule has 1 aromatic carbocycles. The van der Waals surface area contributed by atoms with Crippen LogP contribution < -0.4 is 9.47 Å². The van der Waals surface area contributed by atoms with Gasteiger partial charge >= 0.3 is 6.36 Å². The van der Waals surface area contributed by atoms with Gasteiger partial charge in [0.1, 0.15) is 11.5 Å². The van der Waals surface area contributed by atoms with Crippen LogP contribution in [-0.2, 0) is 4.74 Å². The highest BCUT2D eigenvalue weighted by Gasteiger charge is 2.32. The van der Waals surface area contributed by atoms with E-state index in [4.69, 9.17) is 4.74 Å². The first-order chi connectivity index (χ1) is 7.42. The molecule has 0 aliphatic carbocycles. The molecule has 1 aromatic rings. The average molecular weight is 348 g/mol. The molecule has 1 rings (SSSR count). The Hall–Kier alpha value is -0.700. The molecule has 0 saturated heterocycles. The topological polar surface area (TPSA) is 27.7 Å². The van der Waals surface area contributed by atoms with Crippen molar-refractivity contribution in [2.75, 3.05) is 13.9 Å². The van der Waals surface area contributed by atoms with Crippen LogP contribution in [-0.4, -0.2) is 20.3 Å². The molecule has 16 heavy (non-hydrogen) atoms. The van der Waals surface area contributed by atoms with Crippen molar-refractivity contribution in [2.45, 2.75) is 6.36 Å². The largest absolute Gasteiger partial charge is 0.573 e. The second kappa shape index (κ2) is 5.58. The van der Waals surface area contributed by atoms with Crippen LogP contribution in [0, 0.1) is 3.57 Å². The lowest BCUT2D eigenvalue weighted by atomic mass is 10.3. The molecular formula is C9H8F3IO3. The van der Waals surface area contributed by atoms with Crippen LogP contribution in [0.15, 0.2) is 18.2 Å². The second-order valence-electron chi connectivity index (χ2n) is 2.69. The maximum absolute atomic E-state index is 12.0. The monoisotopic (exact) mass is 348 g/mol. The highest BCUT2D eigenvalue weighted by atomic mass is 127. The molecule has 0 aliphatic rings. The maximum Gasteiger partial charge on any atom is 0.573 e. The van der Waals surface area contributed by atoms with Gasteiger partial charge in [-0.15, -0.1) is 13.2 Å². The van der Waals surface area contributed by atoms with Crippen molar-refractivity contribution in [3.63, 3.8) is 0 Å². The Labute approximate surface area is 104 Å². The predicted octanol–water partition coefficient (Wildman–Crippen LogP) is 3.17. The van der Waals surface area contributed by atoms with Crippen LogP contribution in [0.3, 0.4) is 0 Å². The lowest BCUT2D eigenvalue weighted by Gasteiger charge is -2.12. The number of alkyl halides is 3. The van der Waals surface area contributed by atoms with Crippen molar-refractivity contribution in [2.24, 2.45) is 0 Å². The summed E-state index contributed by atoms with van der Waals surface area (Å²) < 4.78 is 49.8. The Kier molecular flexibility index (Phi) is 4.66. The molecule has 0 heterocycles. The number of benzene rings is 1. The van der Waals surface area contributed by atoms with E-state index in [1.807, 2.05) is 0 Å². The number of halogens is 4. The van der Waals surface area contributed by atoms with Gasteiger partial charge in [-0.2, -0.15) is 0 Å². The lowest BCUT2D eigenvalue weighted by molar-refractivity contribution is -0.275. The molecule has 0 aliphatic heterocycles. The smallest absolute Gasteiger partial charge is 0.467 e. The SMILES string of the molecule is COCOc1ccc(I)c(OC(F)(F)F)c1. The minimum atomic E-state index is -4.71. The molecule has 0 atom stereocenters. The molecule has 0 amide bonds. The van der Waals surface area contributed by atoms with Crippen molar-refractivity contribution >= 4 is 22.6 Å². The van der Waals surface area contributed by atoms with Crippen LogP contribution in [0.25, 0.3) is 0 Å². The molecule has 0 aromatic heterocycles. The molecule has 0 fully saturated rings. The molecule has 0 saturated carbocycles. The maximum atomic E-state index is 12.0. The van der Waals surface area contributed by atoms with Crippen LogP contribution >= 0.6 is 22.6 Å². The van der Waals surface area contributed by atoms with Gasteiger partial charge in [-0.3, -0.25) is 0 Å². The first kappa shape index (κ1) is 13.4. The van der Waals surface area contributed by atoms with Crippen LogP contribution in [0.4, 0.5) is 13.2 Å². The molecular weight excluding hydrogens is 340 g/mol. The van der Waals surface area contributed by atoms with Crippen molar-refractivity contribution in [3.05, 3.63) is 21.8 Å². The number of rotatable bonds is 4. The number of hydrogen-bond donors (Lipinski definition) is 0. The lowest BCUT2D eigenvalue weighted by Crippen LogP contribution is -2.17. The van der Waals surface area contributed by atoms with Gasteiger partial charge in [0.2, 0.25) is 0 Å². The van der Waals surface area contributed by atoms with Gasteiger partial charge in [0.15, 0.2) is 6.79 Å². The third kappa shape index (κ3) is 4.44. The first-order valence-corrected chi connectivity index (χ1v) is 5.17.